The fourth-order valence-electron chi connectivity index (χ4n) is 3.73. The minimum Gasteiger partial charge on any atom is -0.324 e. The third-order valence-electron chi connectivity index (χ3n) is 5.22. The van der Waals surface area contributed by atoms with Crippen LogP contribution in [-0.4, -0.2) is 48.6 Å². The maximum Gasteiger partial charge on any atom is 0.321 e. The molecular formula is C19H29N3O. The highest BCUT2D eigenvalue weighted by molar-refractivity contribution is 5.89. The number of hydrogen-bond donors (Lipinski definition) is 1. The van der Waals surface area contributed by atoms with Crippen molar-refractivity contribution < 1.29 is 4.79 Å². The number of anilines is 1. The molecule has 2 amide bonds. The SMILES string of the molecule is CC1CCN(C[C@H]2CCCN(C(=O)Nc3ccccc3)C2)CC1. The normalized spacial score (nSPS) is 23.7. The van der Waals surface area contributed by atoms with Crippen molar-refractivity contribution in [2.75, 3.05) is 38.0 Å². The molecule has 3 rings (SSSR count). The Bertz CT molecular complexity index is 497. The van der Waals surface area contributed by atoms with Crippen LogP contribution in [0, 0.1) is 11.8 Å². The molecule has 2 aliphatic rings. The van der Waals surface area contributed by atoms with E-state index < -0.39 is 0 Å². The van der Waals surface area contributed by atoms with E-state index in [1.54, 1.807) is 0 Å². The molecule has 0 saturated carbocycles. The van der Waals surface area contributed by atoms with Gasteiger partial charge in [0.25, 0.3) is 0 Å². The molecule has 4 nitrogen and oxygen atoms in total. The van der Waals surface area contributed by atoms with E-state index >= 15 is 0 Å². The number of hydrogen-bond acceptors (Lipinski definition) is 2. The van der Waals surface area contributed by atoms with Gasteiger partial charge < -0.3 is 15.1 Å². The number of urea groups is 1. The second kappa shape index (κ2) is 7.82. The maximum atomic E-state index is 12.4. The summed E-state index contributed by atoms with van der Waals surface area (Å²) in [5, 5.41) is 3.01. The van der Waals surface area contributed by atoms with Crippen LogP contribution in [0.4, 0.5) is 10.5 Å². The maximum absolute atomic E-state index is 12.4. The van der Waals surface area contributed by atoms with Crippen LogP contribution < -0.4 is 5.32 Å². The summed E-state index contributed by atoms with van der Waals surface area (Å²) in [6, 6.07) is 9.79. The summed E-state index contributed by atoms with van der Waals surface area (Å²) < 4.78 is 0. The molecule has 0 aromatic heterocycles. The average molecular weight is 315 g/mol. The van der Waals surface area contributed by atoms with Crippen molar-refractivity contribution in [1.82, 2.24) is 9.80 Å². The summed E-state index contributed by atoms with van der Waals surface area (Å²) in [4.78, 5) is 17.0. The summed E-state index contributed by atoms with van der Waals surface area (Å²) >= 11 is 0. The number of piperidine rings is 2. The van der Waals surface area contributed by atoms with Crippen molar-refractivity contribution in [3.05, 3.63) is 30.3 Å². The molecule has 126 valence electrons. The Morgan fingerprint density at radius 1 is 1.13 bits per heavy atom. The zero-order valence-corrected chi connectivity index (χ0v) is 14.2. The smallest absolute Gasteiger partial charge is 0.321 e. The standard InChI is InChI=1S/C19H29N3O/c1-16-9-12-21(13-10-16)14-17-6-5-11-22(15-17)19(23)20-18-7-3-2-4-8-18/h2-4,7-8,16-17H,5-6,9-15H2,1H3,(H,20,23)/t17-/m1/s1. The molecule has 4 heteroatoms. The number of amides is 2. The van der Waals surface area contributed by atoms with Gasteiger partial charge in [-0.25, -0.2) is 4.79 Å². The number of likely N-dealkylation sites (tertiary alicyclic amines) is 2. The molecule has 2 aliphatic heterocycles. The van der Waals surface area contributed by atoms with Crippen LogP contribution in [0.2, 0.25) is 0 Å². The molecule has 1 aromatic rings. The highest BCUT2D eigenvalue weighted by Gasteiger charge is 2.26. The van der Waals surface area contributed by atoms with Crippen LogP contribution in [0.3, 0.4) is 0 Å². The Labute approximate surface area is 139 Å². The number of benzene rings is 1. The number of nitrogens with one attached hydrogen (secondary N) is 1. The fraction of sp³-hybridized carbons (Fsp3) is 0.632. The second-order valence-electron chi connectivity index (χ2n) is 7.23. The highest BCUT2D eigenvalue weighted by Crippen LogP contribution is 2.22. The topological polar surface area (TPSA) is 35.6 Å². The second-order valence-corrected chi connectivity index (χ2v) is 7.23. The zero-order valence-electron chi connectivity index (χ0n) is 14.2. The molecule has 2 saturated heterocycles. The predicted octanol–water partition coefficient (Wildman–Crippen LogP) is 3.66. The third-order valence-corrected chi connectivity index (χ3v) is 5.22. The van der Waals surface area contributed by atoms with Crippen molar-refractivity contribution in [2.45, 2.75) is 32.6 Å². The van der Waals surface area contributed by atoms with Crippen LogP contribution in [0.5, 0.6) is 0 Å². The first-order valence-corrected chi connectivity index (χ1v) is 9.04. The molecule has 1 atom stereocenters. The van der Waals surface area contributed by atoms with Crippen LogP contribution >= 0.6 is 0 Å². The molecule has 1 aromatic carbocycles. The van der Waals surface area contributed by atoms with Gasteiger partial charge in [0, 0.05) is 25.3 Å². The van der Waals surface area contributed by atoms with Crippen LogP contribution in [0.1, 0.15) is 32.6 Å². The number of nitrogens with zero attached hydrogens (tertiary/aromatic N) is 2. The summed E-state index contributed by atoms with van der Waals surface area (Å²) in [5.74, 6) is 1.50. The van der Waals surface area contributed by atoms with Gasteiger partial charge in [-0.2, -0.15) is 0 Å². The molecule has 0 spiro atoms. The fourth-order valence-corrected chi connectivity index (χ4v) is 3.73. The molecule has 0 radical (unpaired) electrons. The van der Waals surface area contributed by atoms with Crippen molar-refractivity contribution in [3.63, 3.8) is 0 Å². The Morgan fingerprint density at radius 2 is 1.87 bits per heavy atom. The first-order valence-electron chi connectivity index (χ1n) is 9.04. The van der Waals surface area contributed by atoms with Gasteiger partial charge in [-0.15, -0.1) is 0 Å². The van der Waals surface area contributed by atoms with E-state index in [1.807, 2.05) is 35.2 Å². The summed E-state index contributed by atoms with van der Waals surface area (Å²) in [5.41, 5.74) is 0.879. The molecule has 2 heterocycles. The Balaban J connectivity index is 1.48. The van der Waals surface area contributed by atoms with E-state index in [4.69, 9.17) is 0 Å². The first kappa shape index (κ1) is 16.3. The summed E-state index contributed by atoms with van der Waals surface area (Å²) in [7, 11) is 0. The van der Waals surface area contributed by atoms with Crippen molar-refractivity contribution in [3.8, 4) is 0 Å². The zero-order chi connectivity index (χ0) is 16.1. The van der Waals surface area contributed by atoms with E-state index in [0.29, 0.717) is 5.92 Å². The van der Waals surface area contributed by atoms with Gasteiger partial charge in [-0.05, 0) is 62.7 Å². The molecule has 0 bridgehead atoms. The van der Waals surface area contributed by atoms with Gasteiger partial charge in [0.05, 0.1) is 0 Å². The lowest BCUT2D eigenvalue weighted by Crippen LogP contribution is -2.46. The Hall–Kier alpha value is -1.55. The van der Waals surface area contributed by atoms with Gasteiger partial charge in [-0.3, -0.25) is 0 Å². The van der Waals surface area contributed by atoms with Crippen molar-refractivity contribution in [1.29, 1.82) is 0 Å². The molecule has 0 aliphatic carbocycles. The summed E-state index contributed by atoms with van der Waals surface area (Å²) in [6.07, 6.45) is 5.02. The Morgan fingerprint density at radius 3 is 2.61 bits per heavy atom. The minimum atomic E-state index is 0.0492. The molecule has 0 unspecified atom stereocenters. The molecule has 23 heavy (non-hydrogen) atoms. The van der Waals surface area contributed by atoms with Crippen LogP contribution in [0.15, 0.2) is 30.3 Å². The van der Waals surface area contributed by atoms with Gasteiger partial charge in [-0.1, -0.05) is 25.1 Å². The first-order chi connectivity index (χ1) is 11.2. The number of carbonyl (C=O) groups excluding carboxylic acids is 1. The van der Waals surface area contributed by atoms with Gasteiger partial charge in [0.1, 0.15) is 0 Å². The van der Waals surface area contributed by atoms with Gasteiger partial charge >= 0.3 is 6.03 Å². The van der Waals surface area contributed by atoms with Crippen LogP contribution in [0.25, 0.3) is 0 Å². The Kier molecular flexibility index (Phi) is 5.55. The molecular weight excluding hydrogens is 286 g/mol. The minimum absolute atomic E-state index is 0.0492. The van der Waals surface area contributed by atoms with E-state index in [2.05, 4.69) is 17.1 Å². The highest BCUT2D eigenvalue weighted by atomic mass is 16.2. The molecule has 2 fully saturated rings. The monoisotopic (exact) mass is 315 g/mol. The third kappa shape index (κ3) is 4.71. The van der Waals surface area contributed by atoms with E-state index in [9.17, 15) is 4.79 Å². The quantitative estimate of drug-likeness (QED) is 0.924. The lowest BCUT2D eigenvalue weighted by atomic mass is 9.94. The number of carbonyl (C=O) groups is 1. The molecule has 1 N–H and O–H groups in total. The van der Waals surface area contributed by atoms with Crippen LogP contribution in [-0.2, 0) is 0 Å². The van der Waals surface area contributed by atoms with Crippen molar-refractivity contribution in [2.24, 2.45) is 11.8 Å². The largest absolute Gasteiger partial charge is 0.324 e. The van der Waals surface area contributed by atoms with Gasteiger partial charge in [0.2, 0.25) is 0 Å². The van der Waals surface area contributed by atoms with E-state index in [0.717, 1.165) is 37.7 Å². The lowest BCUT2D eigenvalue weighted by molar-refractivity contribution is 0.124. The average Bonchev–Trinajstić information content (AvgIpc) is 2.58. The van der Waals surface area contributed by atoms with E-state index in [-0.39, 0.29) is 6.03 Å². The number of para-hydroxylation sites is 1. The predicted molar refractivity (Wildman–Crippen MR) is 94.6 cm³/mol. The lowest BCUT2D eigenvalue weighted by Gasteiger charge is -2.37. The van der Waals surface area contributed by atoms with Gasteiger partial charge in [0.15, 0.2) is 0 Å². The van der Waals surface area contributed by atoms with E-state index in [1.165, 1.54) is 32.4 Å². The summed E-state index contributed by atoms with van der Waals surface area (Å²) in [6.45, 7) is 7.74. The van der Waals surface area contributed by atoms with Crippen molar-refractivity contribution >= 4 is 11.7 Å². The number of rotatable bonds is 3.